The van der Waals surface area contributed by atoms with Gasteiger partial charge in [-0.2, -0.15) is 13.2 Å². The van der Waals surface area contributed by atoms with Crippen LogP contribution in [-0.2, 0) is 11.3 Å². The van der Waals surface area contributed by atoms with Crippen molar-refractivity contribution in [3.8, 4) is 0 Å². The van der Waals surface area contributed by atoms with Crippen LogP contribution in [0.1, 0.15) is 5.56 Å². The molecule has 106 valence electrons. The van der Waals surface area contributed by atoms with E-state index in [0.717, 1.165) is 5.56 Å². The number of aliphatic hydroxyl groups is 1. The Morgan fingerprint density at radius 1 is 1.37 bits per heavy atom. The number of benzene rings is 1. The maximum Gasteiger partial charge on any atom is 0.446 e. The topological polar surface area (TPSA) is 75.4 Å². The molecule has 4 nitrogen and oxygen atoms in total. The first-order valence-electron chi connectivity index (χ1n) is 5.31. The van der Waals surface area contributed by atoms with E-state index in [1.54, 1.807) is 0 Å². The Morgan fingerprint density at radius 3 is 2.42 bits per heavy atom. The molecular weight excluding hydrogens is 281 g/mol. The van der Waals surface area contributed by atoms with Crippen LogP contribution in [0.5, 0.6) is 0 Å². The SMILES string of the molecule is NC(=O)C(O)CNCc1ccc(SC(F)(F)F)cc1. The zero-order chi connectivity index (χ0) is 14.5. The highest BCUT2D eigenvalue weighted by Gasteiger charge is 2.28. The summed E-state index contributed by atoms with van der Waals surface area (Å²) in [6.45, 7) is 0.315. The molecule has 0 aliphatic rings. The Bertz CT molecular complexity index is 423. The fourth-order valence-corrected chi connectivity index (χ4v) is 1.80. The zero-order valence-electron chi connectivity index (χ0n) is 9.78. The molecule has 0 radical (unpaired) electrons. The van der Waals surface area contributed by atoms with Gasteiger partial charge in [-0.1, -0.05) is 12.1 Å². The lowest BCUT2D eigenvalue weighted by Crippen LogP contribution is -2.37. The van der Waals surface area contributed by atoms with Crippen LogP contribution in [-0.4, -0.2) is 29.2 Å². The predicted octanol–water partition coefficient (Wildman–Crippen LogP) is 1.23. The molecule has 0 heterocycles. The Balaban J connectivity index is 2.42. The number of halogens is 3. The molecule has 0 spiro atoms. The third-order valence-corrected chi connectivity index (χ3v) is 2.89. The van der Waals surface area contributed by atoms with Gasteiger partial charge in [-0.15, -0.1) is 0 Å². The van der Waals surface area contributed by atoms with Crippen LogP contribution in [0.2, 0.25) is 0 Å². The van der Waals surface area contributed by atoms with E-state index >= 15 is 0 Å². The van der Waals surface area contributed by atoms with E-state index < -0.39 is 17.5 Å². The molecule has 1 unspecified atom stereocenters. The quantitative estimate of drug-likeness (QED) is 0.690. The summed E-state index contributed by atoms with van der Waals surface area (Å²) in [7, 11) is 0. The normalized spacial score (nSPS) is 13.3. The van der Waals surface area contributed by atoms with Crippen LogP contribution < -0.4 is 11.1 Å². The average molecular weight is 294 g/mol. The van der Waals surface area contributed by atoms with Gasteiger partial charge < -0.3 is 16.2 Å². The molecule has 8 heteroatoms. The highest BCUT2D eigenvalue weighted by molar-refractivity contribution is 8.00. The van der Waals surface area contributed by atoms with Gasteiger partial charge in [0.15, 0.2) is 0 Å². The molecule has 0 fully saturated rings. The second-order valence-corrected chi connectivity index (χ2v) is 4.88. The minimum Gasteiger partial charge on any atom is -0.382 e. The minimum atomic E-state index is -4.30. The summed E-state index contributed by atoms with van der Waals surface area (Å²) in [5.74, 6) is -0.829. The molecule has 0 aliphatic carbocycles. The summed E-state index contributed by atoms with van der Waals surface area (Å²) in [5.41, 5.74) is 1.29. The number of thioether (sulfide) groups is 1. The van der Waals surface area contributed by atoms with Crippen LogP contribution in [0.25, 0.3) is 0 Å². The first-order chi connectivity index (χ1) is 8.78. The highest BCUT2D eigenvalue weighted by atomic mass is 32.2. The lowest BCUT2D eigenvalue weighted by Gasteiger charge is -2.09. The van der Waals surface area contributed by atoms with Gasteiger partial charge in [-0.3, -0.25) is 4.79 Å². The van der Waals surface area contributed by atoms with Crippen LogP contribution in [0, 0.1) is 0 Å². The standard InChI is InChI=1S/C11H13F3N2O2S/c12-11(13,14)19-8-3-1-7(2-4-8)5-16-6-9(17)10(15)18/h1-4,9,16-17H,5-6H2,(H2,15,18). The molecule has 0 aromatic heterocycles. The lowest BCUT2D eigenvalue weighted by atomic mass is 10.2. The molecule has 1 aromatic carbocycles. The fourth-order valence-electron chi connectivity index (χ4n) is 1.26. The summed E-state index contributed by atoms with van der Waals surface area (Å²) in [6, 6.07) is 5.80. The summed E-state index contributed by atoms with van der Waals surface area (Å²) < 4.78 is 36.3. The number of alkyl halides is 3. The van der Waals surface area contributed by atoms with Gasteiger partial charge in [0.05, 0.1) is 0 Å². The van der Waals surface area contributed by atoms with Gasteiger partial charge in [0.25, 0.3) is 0 Å². The van der Waals surface area contributed by atoms with E-state index in [4.69, 9.17) is 10.8 Å². The van der Waals surface area contributed by atoms with Crippen molar-refractivity contribution in [1.29, 1.82) is 0 Å². The number of carbonyl (C=O) groups is 1. The summed E-state index contributed by atoms with van der Waals surface area (Å²) in [4.78, 5) is 10.6. The highest BCUT2D eigenvalue weighted by Crippen LogP contribution is 2.36. The summed E-state index contributed by atoms with van der Waals surface area (Å²) in [6.07, 6.45) is -1.28. The van der Waals surface area contributed by atoms with Gasteiger partial charge in [0.1, 0.15) is 6.10 Å². The number of hydrogen-bond acceptors (Lipinski definition) is 4. The third-order valence-electron chi connectivity index (χ3n) is 2.15. The number of rotatable bonds is 6. The maximum atomic E-state index is 12.1. The van der Waals surface area contributed by atoms with Crippen molar-refractivity contribution in [2.24, 2.45) is 5.73 Å². The van der Waals surface area contributed by atoms with Crippen LogP contribution in [0.15, 0.2) is 29.2 Å². The van der Waals surface area contributed by atoms with E-state index in [0.29, 0.717) is 6.54 Å². The number of nitrogens with one attached hydrogen (secondary N) is 1. The number of hydrogen-bond donors (Lipinski definition) is 3. The van der Waals surface area contributed by atoms with Crippen LogP contribution in [0.4, 0.5) is 13.2 Å². The van der Waals surface area contributed by atoms with Crippen molar-refractivity contribution >= 4 is 17.7 Å². The lowest BCUT2D eigenvalue weighted by molar-refractivity contribution is -0.125. The number of carbonyl (C=O) groups excluding carboxylic acids is 1. The fraction of sp³-hybridized carbons (Fsp3) is 0.364. The van der Waals surface area contributed by atoms with Gasteiger partial charge in [0, 0.05) is 18.0 Å². The number of aliphatic hydroxyl groups excluding tert-OH is 1. The molecule has 0 bridgehead atoms. The molecule has 1 aromatic rings. The van der Waals surface area contributed by atoms with Crippen molar-refractivity contribution in [2.45, 2.75) is 23.1 Å². The molecular formula is C11H13F3N2O2S. The molecule has 4 N–H and O–H groups in total. The monoisotopic (exact) mass is 294 g/mol. The number of nitrogens with two attached hydrogens (primary N) is 1. The van der Waals surface area contributed by atoms with Crippen molar-refractivity contribution in [2.75, 3.05) is 6.54 Å². The Kier molecular flexibility index (Phi) is 5.64. The van der Waals surface area contributed by atoms with Gasteiger partial charge >= 0.3 is 5.51 Å². The molecule has 0 saturated carbocycles. The molecule has 1 atom stereocenters. The zero-order valence-corrected chi connectivity index (χ0v) is 10.6. The maximum absolute atomic E-state index is 12.1. The van der Waals surface area contributed by atoms with Gasteiger partial charge in [-0.05, 0) is 29.5 Å². The number of primary amides is 1. The van der Waals surface area contributed by atoms with Crippen molar-refractivity contribution in [1.82, 2.24) is 5.32 Å². The third kappa shape index (κ3) is 6.46. The smallest absolute Gasteiger partial charge is 0.382 e. The predicted molar refractivity (Wildman–Crippen MR) is 65.3 cm³/mol. The summed E-state index contributed by atoms with van der Waals surface area (Å²) >= 11 is -0.179. The summed E-state index contributed by atoms with van der Waals surface area (Å²) in [5, 5.41) is 11.9. The minimum absolute atomic E-state index is 0.00557. The Hall–Kier alpha value is -1.25. The van der Waals surface area contributed by atoms with Crippen molar-refractivity contribution in [3.05, 3.63) is 29.8 Å². The van der Waals surface area contributed by atoms with Gasteiger partial charge in [0.2, 0.25) is 5.91 Å². The number of amides is 1. The molecule has 1 amide bonds. The largest absolute Gasteiger partial charge is 0.446 e. The first-order valence-corrected chi connectivity index (χ1v) is 6.12. The van der Waals surface area contributed by atoms with E-state index in [2.05, 4.69) is 5.32 Å². The van der Waals surface area contributed by atoms with Crippen molar-refractivity contribution < 1.29 is 23.1 Å². The molecule has 0 saturated heterocycles. The Morgan fingerprint density at radius 2 is 1.95 bits per heavy atom. The van der Waals surface area contributed by atoms with E-state index in [9.17, 15) is 18.0 Å². The van der Waals surface area contributed by atoms with Crippen molar-refractivity contribution in [3.63, 3.8) is 0 Å². The van der Waals surface area contributed by atoms with E-state index in [1.165, 1.54) is 24.3 Å². The first kappa shape index (κ1) is 15.8. The average Bonchev–Trinajstić information content (AvgIpc) is 2.29. The van der Waals surface area contributed by atoms with Crippen LogP contribution in [0.3, 0.4) is 0 Å². The second-order valence-electron chi connectivity index (χ2n) is 3.74. The second kappa shape index (κ2) is 6.78. The molecule has 1 rings (SSSR count). The van der Waals surface area contributed by atoms with E-state index in [-0.39, 0.29) is 23.2 Å². The molecule has 19 heavy (non-hydrogen) atoms. The van der Waals surface area contributed by atoms with Crippen LogP contribution >= 0.6 is 11.8 Å². The van der Waals surface area contributed by atoms with E-state index in [1.807, 2.05) is 0 Å². The Labute approximate surface area is 112 Å². The van der Waals surface area contributed by atoms with Gasteiger partial charge in [-0.25, -0.2) is 0 Å². The molecule has 0 aliphatic heterocycles.